The van der Waals surface area contributed by atoms with Gasteiger partial charge < -0.3 is 9.84 Å². The van der Waals surface area contributed by atoms with Crippen molar-refractivity contribution in [3.05, 3.63) is 0 Å². The number of aliphatic hydroxyl groups is 1. The van der Waals surface area contributed by atoms with Crippen molar-refractivity contribution in [3.8, 4) is 0 Å². The Morgan fingerprint density at radius 3 is 2.05 bits per heavy atom. The third kappa shape index (κ3) is 2.66. The van der Waals surface area contributed by atoms with Crippen LogP contribution in [0.25, 0.3) is 0 Å². The Morgan fingerprint density at radius 1 is 0.950 bits per heavy atom. The van der Waals surface area contributed by atoms with Crippen LogP contribution in [0.15, 0.2) is 0 Å². The van der Waals surface area contributed by atoms with Gasteiger partial charge >= 0.3 is 0 Å². The highest BCUT2D eigenvalue weighted by molar-refractivity contribution is 5.05. The van der Waals surface area contributed by atoms with Crippen LogP contribution in [0.3, 0.4) is 0 Å². The third-order valence-electron chi connectivity index (χ3n) is 6.04. The molecule has 2 heteroatoms. The van der Waals surface area contributed by atoms with Gasteiger partial charge in [0.2, 0.25) is 0 Å². The van der Waals surface area contributed by atoms with Gasteiger partial charge in [-0.1, -0.05) is 27.7 Å². The molecule has 0 aromatic carbocycles. The van der Waals surface area contributed by atoms with Crippen molar-refractivity contribution in [1.82, 2.24) is 0 Å². The SMILES string of the molecule is CC1(C)CC(C)(C)CC(O)(C2CCOC3(CCC3)C2)C1. The molecule has 1 atom stereocenters. The molecule has 0 amide bonds. The summed E-state index contributed by atoms with van der Waals surface area (Å²) in [4.78, 5) is 0. The molecule has 1 spiro atoms. The molecule has 0 aromatic rings. The minimum Gasteiger partial charge on any atom is -0.390 e. The molecule has 0 bridgehead atoms. The van der Waals surface area contributed by atoms with Gasteiger partial charge in [0, 0.05) is 6.61 Å². The molecule has 1 saturated heterocycles. The maximum Gasteiger partial charge on any atom is 0.0687 e. The Morgan fingerprint density at radius 2 is 1.55 bits per heavy atom. The Hall–Kier alpha value is -0.0800. The highest BCUT2D eigenvalue weighted by atomic mass is 16.5. The Kier molecular flexibility index (Phi) is 3.31. The zero-order valence-corrected chi connectivity index (χ0v) is 13.8. The fourth-order valence-corrected chi connectivity index (χ4v) is 5.84. The van der Waals surface area contributed by atoms with Gasteiger partial charge in [-0.2, -0.15) is 0 Å². The normalized spacial score (nSPS) is 37.4. The van der Waals surface area contributed by atoms with E-state index in [1.807, 2.05) is 0 Å². The molecule has 0 aromatic heterocycles. The summed E-state index contributed by atoms with van der Waals surface area (Å²) in [6, 6.07) is 0. The fraction of sp³-hybridized carbons (Fsp3) is 1.00. The van der Waals surface area contributed by atoms with E-state index < -0.39 is 5.60 Å². The lowest BCUT2D eigenvalue weighted by molar-refractivity contribution is -0.198. The molecule has 1 unspecified atom stereocenters. The van der Waals surface area contributed by atoms with E-state index in [-0.39, 0.29) is 16.4 Å². The fourth-order valence-electron chi connectivity index (χ4n) is 5.84. The topological polar surface area (TPSA) is 29.5 Å². The summed E-state index contributed by atoms with van der Waals surface area (Å²) in [5.41, 5.74) is 0.172. The summed E-state index contributed by atoms with van der Waals surface area (Å²) in [7, 11) is 0. The van der Waals surface area contributed by atoms with Crippen molar-refractivity contribution < 1.29 is 9.84 Å². The molecule has 1 heterocycles. The van der Waals surface area contributed by atoms with Gasteiger partial charge in [-0.3, -0.25) is 0 Å². The first-order valence-electron chi connectivity index (χ1n) is 8.50. The van der Waals surface area contributed by atoms with E-state index in [1.54, 1.807) is 0 Å². The number of rotatable bonds is 1. The monoisotopic (exact) mass is 280 g/mol. The first kappa shape index (κ1) is 14.8. The first-order chi connectivity index (χ1) is 9.14. The van der Waals surface area contributed by atoms with E-state index in [0.29, 0.717) is 5.92 Å². The molecule has 1 aliphatic heterocycles. The molecule has 3 fully saturated rings. The molecule has 2 saturated carbocycles. The van der Waals surface area contributed by atoms with Crippen LogP contribution < -0.4 is 0 Å². The van der Waals surface area contributed by atoms with Gasteiger partial charge in [0.1, 0.15) is 0 Å². The van der Waals surface area contributed by atoms with Crippen molar-refractivity contribution in [3.63, 3.8) is 0 Å². The van der Waals surface area contributed by atoms with Gasteiger partial charge in [0.05, 0.1) is 11.2 Å². The Labute approximate surface area is 124 Å². The van der Waals surface area contributed by atoms with Crippen LogP contribution in [0.5, 0.6) is 0 Å². The maximum absolute atomic E-state index is 11.5. The van der Waals surface area contributed by atoms with Crippen LogP contribution in [0.2, 0.25) is 0 Å². The molecule has 20 heavy (non-hydrogen) atoms. The van der Waals surface area contributed by atoms with Crippen molar-refractivity contribution >= 4 is 0 Å². The van der Waals surface area contributed by atoms with Crippen LogP contribution in [0.1, 0.15) is 79.1 Å². The average Bonchev–Trinajstić information content (AvgIpc) is 2.22. The minimum atomic E-state index is -0.475. The van der Waals surface area contributed by atoms with Gasteiger partial charge in [-0.05, 0) is 68.1 Å². The molecule has 116 valence electrons. The molecule has 1 N–H and O–H groups in total. The lowest BCUT2D eigenvalue weighted by atomic mass is 9.54. The number of hydrogen-bond acceptors (Lipinski definition) is 2. The number of ether oxygens (including phenoxy) is 1. The highest BCUT2D eigenvalue weighted by Gasteiger charge is 2.54. The Balaban J connectivity index is 1.80. The summed E-state index contributed by atoms with van der Waals surface area (Å²) in [6.45, 7) is 10.2. The smallest absolute Gasteiger partial charge is 0.0687 e. The molecule has 2 nitrogen and oxygen atoms in total. The zero-order chi connectivity index (χ0) is 14.6. The standard InChI is InChI=1S/C18H32O2/c1-15(2)11-16(3,4)13-18(19,12-15)14-6-9-20-17(10-14)7-5-8-17/h14,19H,5-13H2,1-4H3. The molecular weight excluding hydrogens is 248 g/mol. The van der Waals surface area contributed by atoms with E-state index in [1.165, 1.54) is 25.7 Å². The third-order valence-corrected chi connectivity index (χ3v) is 6.04. The van der Waals surface area contributed by atoms with Gasteiger partial charge in [-0.25, -0.2) is 0 Å². The molecular formula is C18H32O2. The second-order valence-corrected chi connectivity index (χ2v) is 9.54. The number of hydrogen-bond donors (Lipinski definition) is 1. The van der Waals surface area contributed by atoms with Crippen LogP contribution in [-0.2, 0) is 4.74 Å². The summed E-state index contributed by atoms with van der Waals surface area (Å²) < 4.78 is 6.06. The highest BCUT2D eigenvalue weighted by Crippen LogP contribution is 2.56. The quantitative estimate of drug-likeness (QED) is 0.776. The van der Waals surface area contributed by atoms with E-state index in [4.69, 9.17) is 4.74 Å². The summed E-state index contributed by atoms with van der Waals surface area (Å²) in [5, 5.41) is 11.5. The predicted molar refractivity (Wildman–Crippen MR) is 81.6 cm³/mol. The van der Waals surface area contributed by atoms with Gasteiger partial charge in [0.25, 0.3) is 0 Å². The maximum atomic E-state index is 11.5. The molecule has 0 radical (unpaired) electrons. The van der Waals surface area contributed by atoms with Crippen LogP contribution in [0, 0.1) is 16.7 Å². The van der Waals surface area contributed by atoms with Gasteiger partial charge in [-0.15, -0.1) is 0 Å². The second-order valence-electron chi connectivity index (χ2n) is 9.54. The zero-order valence-electron chi connectivity index (χ0n) is 13.8. The van der Waals surface area contributed by atoms with Crippen LogP contribution in [0.4, 0.5) is 0 Å². The van der Waals surface area contributed by atoms with E-state index in [0.717, 1.165) is 32.3 Å². The summed E-state index contributed by atoms with van der Waals surface area (Å²) >= 11 is 0. The minimum absolute atomic E-state index is 0.143. The average molecular weight is 280 g/mol. The van der Waals surface area contributed by atoms with E-state index in [2.05, 4.69) is 27.7 Å². The second kappa shape index (κ2) is 4.46. The largest absolute Gasteiger partial charge is 0.390 e. The van der Waals surface area contributed by atoms with Gasteiger partial charge in [0.15, 0.2) is 0 Å². The molecule has 3 aliphatic rings. The predicted octanol–water partition coefficient (Wildman–Crippen LogP) is 4.30. The van der Waals surface area contributed by atoms with E-state index >= 15 is 0 Å². The Bertz CT molecular complexity index is 363. The van der Waals surface area contributed by atoms with Crippen molar-refractivity contribution in [2.45, 2.75) is 90.3 Å². The lowest BCUT2D eigenvalue weighted by Crippen LogP contribution is -2.56. The summed E-state index contributed by atoms with van der Waals surface area (Å²) in [6.07, 6.45) is 9.02. The first-order valence-corrected chi connectivity index (χ1v) is 8.50. The lowest BCUT2D eigenvalue weighted by Gasteiger charge is -2.56. The van der Waals surface area contributed by atoms with Crippen molar-refractivity contribution in [2.75, 3.05) is 6.61 Å². The van der Waals surface area contributed by atoms with E-state index in [9.17, 15) is 5.11 Å². The van der Waals surface area contributed by atoms with Crippen LogP contribution >= 0.6 is 0 Å². The molecule has 2 aliphatic carbocycles. The van der Waals surface area contributed by atoms with Crippen molar-refractivity contribution in [1.29, 1.82) is 0 Å². The summed E-state index contributed by atoms with van der Waals surface area (Å²) in [5.74, 6) is 0.440. The van der Waals surface area contributed by atoms with Crippen LogP contribution in [-0.4, -0.2) is 22.9 Å². The van der Waals surface area contributed by atoms with Crippen molar-refractivity contribution in [2.24, 2.45) is 16.7 Å². The molecule has 3 rings (SSSR count).